The van der Waals surface area contributed by atoms with Crippen molar-refractivity contribution in [2.45, 2.75) is 23.9 Å². The number of para-hydroxylation sites is 1. The van der Waals surface area contributed by atoms with Gasteiger partial charge in [0, 0.05) is 6.54 Å². The summed E-state index contributed by atoms with van der Waals surface area (Å²) < 4.78 is 17.0. The maximum atomic E-state index is 14.2. The summed E-state index contributed by atoms with van der Waals surface area (Å²) in [5.41, 5.74) is 1.20. The van der Waals surface area contributed by atoms with Crippen molar-refractivity contribution in [2.75, 3.05) is 5.32 Å². The zero-order chi connectivity index (χ0) is 21.1. The first-order chi connectivity index (χ1) is 14.6. The molecule has 0 fully saturated rings. The minimum absolute atomic E-state index is 0.195. The van der Waals surface area contributed by atoms with Crippen LogP contribution in [0.4, 0.5) is 9.52 Å². The lowest BCUT2D eigenvalue weighted by molar-refractivity contribution is -0.115. The van der Waals surface area contributed by atoms with Gasteiger partial charge < -0.3 is 5.32 Å². The van der Waals surface area contributed by atoms with Crippen LogP contribution in [-0.2, 0) is 11.3 Å². The quantitative estimate of drug-likeness (QED) is 0.324. The molecule has 0 aliphatic heterocycles. The normalized spacial score (nSPS) is 12.1. The maximum Gasteiger partial charge on any atom is 0.239 e. The molecule has 0 saturated carbocycles. The average Bonchev–Trinajstić information content (AvgIpc) is 3.32. The van der Waals surface area contributed by atoms with Gasteiger partial charge in [-0.2, -0.15) is 0 Å². The summed E-state index contributed by atoms with van der Waals surface area (Å²) in [4.78, 5) is 17.1. The highest BCUT2D eigenvalue weighted by atomic mass is 32.2. The van der Waals surface area contributed by atoms with E-state index in [1.165, 1.54) is 29.2 Å². The Kier molecular flexibility index (Phi) is 5.91. The Morgan fingerprint density at radius 2 is 2.03 bits per heavy atom. The number of halogens is 1. The number of amides is 1. The van der Waals surface area contributed by atoms with E-state index in [0.717, 1.165) is 10.2 Å². The summed E-state index contributed by atoms with van der Waals surface area (Å²) in [6.45, 7) is 5.93. The topological polar surface area (TPSA) is 72.7 Å². The summed E-state index contributed by atoms with van der Waals surface area (Å²) >= 11 is 2.67. The number of allylic oxidation sites excluding steroid dienone is 1. The number of carbonyl (C=O) groups is 1. The van der Waals surface area contributed by atoms with Crippen LogP contribution in [-0.4, -0.2) is 30.9 Å². The molecule has 2 heterocycles. The maximum absolute atomic E-state index is 14.2. The number of fused-ring (bicyclic) bond motifs is 1. The van der Waals surface area contributed by atoms with Gasteiger partial charge in [0.2, 0.25) is 5.91 Å². The lowest BCUT2D eigenvalue weighted by Crippen LogP contribution is -2.22. The Labute approximate surface area is 180 Å². The fraction of sp³-hybridized carbons (Fsp3) is 0.143. The van der Waals surface area contributed by atoms with Crippen molar-refractivity contribution in [3.63, 3.8) is 0 Å². The van der Waals surface area contributed by atoms with Gasteiger partial charge in [0.25, 0.3) is 0 Å². The van der Waals surface area contributed by atoms with Crippen LogP contribution in [0.5, 0.6) is 0 Å². The van der Waals surface area contributed by atoms with Gasteiger partial charge >= 0.3 is 0 Å². The average molecular weight is 440 g/mol. The van der Waals surface area contributed by atoms with E-state index in [0.29, 0.717) is 28.2 Å². The minimum atomic E-state index is -0.460. The van der Waals surface area contributed by atoms with E-state index in [4.69, 9.17) is 0 Å². The molecule has 1 unspecified atom stereocenters. The predicted molar refractivity (Wildman–Crippen MR) is 119 cm³/mol. The van der Waals surface area contributed by atoms with Crippen LogP contribution in [0.15, 0.2) is 66.3 Å². The van der Waals surface area contributed by atoms with Gasteiger partial charge in [-0.15, -0.1) is 16.8 Å². The number of anilines is 1. The summed E-state index contributed by atoms with van der Waals surface area (Å²) in [6.07, 6.45) is 1.68. The van der Waals surface area contributed by atoms with E-state index in [1.54, 1.807) is 35.8 Å². The van der Waals surface area contributed by atoms with Crippen LogP contribution in [0.25, 0.3) is 21.6 Å². The minimum Gasteiger partial charge on any atom is -0.301 e. The number of nitrogens with one attached hydrogen (secondary N) is 1. The Balaban J connectivity index is 1.53. The molecular weight excluding hydrogens is 421 g/mol. The zero-order valence-electron chi connectivity index (χ0n) is 16.1. The van der Waals surface area contributed by atoms with Gasteiger partial charge in [0.1, 0.15) is 5.82 Å². The zero-order valence-corrected chi connectivity index (χ0v) is 17.7. The van der Waals surface area contributed by atoms with Gasteiger partial charge in [-0.25, -0.2) is 9.37 Å². The molecule has 0 bridgehead atoms. The molecule has 1 N–H and O–H groups in total. The molecule has 6 nitrogen and oxygen atoms in total. The van der Waals surface area contributed by atoms with Crippen LogP contribution in [0.2, 0.25) is 0 Å². The third-order valence-electron chi connectivity index (χ3n) is 4.32. The summed E-state index contributed by atoms with van der Waals surface area (Å²) in [7, 11) is 0. The van der Waals surface area contributed by atoms with Crippen LogP contribution >= 0.6 is 23.1 Å². The predicted octanol–water partition coefficient (Wildman–Crippen LogP) is 5.00. The number of benzene rings is 2. The molecule has 2 aromatic carbocycles. The van der Waals surface area contributed by atoms with Gasteiger partial charge in [-0.1, -0.05) is 53.4 Å². The van der Waals surface area contributed by atoms with Crippen molar-refractivity contribution in [3.05, 3.63) is 67.0 Å². The number of aromatic nitrogens is 4. The molecule has 9 heteroatoms. The Morgan fingerprint density at radius 3 is 2.80 bits per heavy atom. The monoisotopic (exact) mass is 439 g/mol. The van der Waals surface area contributed by atoms with Crippen LogP contribution in [0.1, 0.15) is 6.92 Å². The molecule has 1 amide bonds. The van der Waals surface area contributed by atoms with Gasteiger partial charge in [-0.3, -0.25) is 9.36 Å². The number of hydrogen-bond acceptors (Lipinski definition) is 6. The summed E-state index contributed by atoms with van der Waals surface area (Å²) in [5.74, 6) is -0.178. The number of nitrogens with zero attached hydrogens (tertiary/aromatic N) is 4. The number of thiazole rings is 1. The smallest absolute Gasteiger partial charge is 0.239 e. The van der Waals surface area contributed by atoms with E-state index in [-0.39, 0.29) is 11.7 Å². The molecule has 0 spiro atoms. The first kappa shape index (κ1) is 20.2. The molecule has 1 atom stereocenters. The molecular formula is C21H18FN5OS2. The second kappa shape index (κ2) is 8.76. The number of hydrogen-bond donors (Lipinski definition) is 1. The largest absolute Gasteiger partial charge is 0.301 e. The first-order valence-electron chi connectivity index (χ1n) is 9.19. The number of rotatable bonds is 7. The Hall–Kier alpha value is -3.04. The van der Waals surface area contributed by atoms with E-state index in [9.17, 15) is 9.18 Å². The van der Waals surface area contributed by atoms with Crippen molar-refractivity contribution in [1.29, 1.82) is 0 Å². The highest BCUT2D eigenvalue weighted by Gasteiger charge is 2.22. The van der Waals surface area contributed by atoms with Gasteiger partial charge in [0.15, 0.2) is 16.1 Å². The van der Waals surface area contributed by atoms with Crippen molar-refractivity contribution in [2.24, 2.45) is 0 Å². The molecule has 0 aliphatic carbocycles. The van der Waals surface area contributed by atoms with Crippen molar-refractivity contribution in [3.8, 4) is 11.4 Å². The molecule has 2 aromatic heterocycles. The second-order valence-electron chi connectivity index (χ2n) is 6.42. The van der Waals surface area contributed by atoms with Crippen molar-refractivity contribution >= 4 is 44.4 Å². The Bertz CT molecular complexity index is 1190. The molecule has 4 rings (SSSR count). The molecule has 0 aliphatic rings. The summed E-state index contributed by atoms with van der Waals surface area (Å²) in [5, 5.41) is 11.8. The summed E-state index contributed by atoms with van der Waals surface area (Å²) in [6, 6.07) is 14.1. The standard InChI is InChI=1S/C21H18FN5OS2/c1-3-12-27-18(14-8-4-5-9-15(14)22)25-26-21(27)29-13(2)19(28)24-20-23-16-10-6-7-11-17(16)30-20/h3-11,13H,1,12H2,2H3,(H,23,24,28). The second-order valence-corrected chi connectivity index (χ2v) is 8.76. The lowest BCUT2D eigenvalue weighted by atomic mass is 10.2. The van der Waals surface area contributed by atoms with Crippen molar-refractivity contribution < 1.29 is 9.18 Å². The van der Waals surface area contributed by atoms with Crippen molar-refractivity contribution in [1.82, 2.24) is 19.7 Å². The number of carbonyl (C=O) groups excluding carboxylic acids is 1. The molecule has 0 radical (unpaired) electrons. The van der Waals surface area contributed by atoms with E-state index in [1.807, 2.05) is 24.3 Å². The highest BCUT2D eigenvalue weighted by molar-refractivity contribution is 8.00. The molecule has 30 heavy (non-hydrogen) atoms. The Morgan fingerprint density at radius 1 is 1.27 bits per heavy atom. The lowest BCUT2D eigenvalue weighted by Gasteiger charge is -2.12. The van der Waals surface area contributed by atoms with Crippen LogP contribution in [0.3, 0.4) is 0 Å². The third-order valence-corrected chi connectivity index (χ3v) is 6.35. The van der Waals surface area contributed by atoms with E-state index < -0.39 is 5.25 Å². The fourth-order valence-corrected chi connectivity index (χ4v) is 4.58. The molecule has 0 saturated heterocycles. The number of thioether (sulfide) groups is 1. The fourth-order valence-electron chi connectivity index (χ4n) is 2.86. The van der Waals surface area contributed by atoms with E-state index in [2.05, 4.69) is 27.1 Å². The SMILES string of the molecule is C=CCn1c(SC(C)C(=O)Nc2nc3ccccc3s2)nnc1-c1ccccc1F. The highest BCUT2D eigenvalue weighted by Crippen LogP contribution is 2.30. The van der Waals surface area contributed by atoms with Gasteiger partial charge in [0.05, 0.1) is 21.0 Å². The van der Waals surface area contributed by atoms with Gasteiger partial charge in [-0.05, 0) is 31.2 Å². The van der Waals surface area contributed by atoms with E-state index >= 15 is 0 Å². The first-order valence-corrected chi connectivity index (χ1v) is 10.9. The van der Waals surface area contributed by atoms with Crippen LogP contribution < -0.4 is 5.32 Å². The third kappa shape index (κ3) is 4.12. The molecule has 152 valence electrons. The van der Waals surface area contributed by atoms with Crippen LogP contribution in [0, 0.1) is 5.82 Å². The molecule has 4 aromatic rings.